The van der Waals surface area contributed by atoms with E-state index in [1.165, 1.54) is 19.3 Å². The highest BCUT2D eigenvalue weighted by atomic mass is 14.1. The van der Waals surface area contributed by atoms with Crippen LogP contribution in [0.4, 0.5) is 0 Å². The molecule has 0 heterocycles. The molecule has 0 aliphatic rings. The lowest BCUT2D eigenvalue weighted by Crippen LogP contribution is -2.04. The number of hydrogen-bond acceptors (Lipinski definition) is 0. The van der Waals surface area contributed by atoms with E-state index in [0.717, 1.165) is 0 Å². The Bertz CT molecular complexity index is 123. The molecule has 0 bridgehead atoms. The SMILES string of the molecule is CC/C=C(/C)CCC(C)(C)C. The van der Waals surface area contributed by atoms with Crippen LogP contribution in [0.5, 0.6) is 0 Å². The molecule has 0 radical (unpaired) electrons. The van der Waals surface area contributed by atoms with Gasteiger partial charge in [-0.1, -0.05) is 39.3 Å². The maximum atomic E-state index is 2.33. The molecule has 0 saturated heterocycles. The lowest BCUT2D eigenvalue weighted by Gasteiger charge is -2.17. The third kappa shape index (κ3) is 7.64. The van der Waals surface area contributed by atoms with Crippen molar-refractivity contribution in [2.24, 2.45) is 5.41 Å². The molecule has 0 nitrogen and oxygen atoms in total. The Kier molecular flexibility index (Phi) is 4.48. The van der Waals surface area contributed by atoms with Gasteiger partial charge in [0.2, 0.25) is 0 Å². The average molecular weight is 154 g/mol. The Labute approximate surface area is 71.7 Å². The maximum Gasteiger partial charge on any atom is -0.0318 e. The van der Waals surface area contributed by atoms with Crippen LogP contribution in [0, 0.1) is 5.41 Å². The minimum absolute atomic E-state index is 0.489. The minimum atomic E-state index is 0.489. The van der Waals surface area contributed by atoms with Gasteiger partial charge in [0, 0.05) is 0 Å². The first-order chi connectivity index (χ1) is 4.95. The van der Waals surface area contributed by atoms with Gasteiger partial charge < -0.3 is 0 Å². The van der Waals surface area contributed by atoms with Crippen LogP contribution >= 0.6 is 0 Å². The second-order valence-corrected chi connectivity index (χ2v) is 4.52. The Balaban J connectivity index is 3.62. The van der Waals surface area contributed by atoms with Gasteiger partial charge in [-0.25, -0.2) is 0 Å². The fourth-order valence-corrected chi connectivity index (χ4v) is 1.02. The van der Waals surface area contributed by atoms with Crippen LogP contribution in [0.25, 0.3) is 0 Å². The summed E-state index contributed by atoms with van der Waals surface area (Å²) in [5.41, 5.74) is 2.03. The van der Waals surface area contributed by atoms with Crippen molar-refractivity contribution in [2.75, 3.05) is 0 Å². The first-order valence-corrected chi connectivity index (χ1v) is 4.61. The van der Waals surface area contributed by atoms with Crippen molar-refractivity contribution < 1.29 is 0 Å². The zero-order chi connectivity index (χ0) is 8.91. The summed E-state index contributed by atoms with van der Waals surface area (Å²) in [6, 6.07) is 0. The maximum absolute atomic E-state index is 2.33. The van der Waals surface area contributed by atoms with Gasteiger partial charge in [0.25, 0.3) is 0 Å². The molecule has 0 spiro atoms. The average Bonchev–Trinajstić information content (AvgIpc) is 1.83. The van der Waals surface area contributed by atoms with Crippen LogP contribution in [-0.4, -0.2) is 0 Å². The van der Waals surface area contributed by atoms with Gasteiger partial charge in [0.1, 0.15) is 0 Å². The van der Waals surface area contributed by atoms with E-state index in [2.05, 4.69) is 40.7 Å². The molecule has 0 aromatic carbocycles. The zero-order valence-electron chi connectivity index (χ0n) is 8.70. The summed E-state index contributed by atoms with van der Waals surface area (Å²) >= 11 is 0. The van der Waals surface area contributed by atoms with E-state index in [0.29, 0.717) is 5.41 Å². The molecule has 0 atom stereocenters. The van der Waals surface area contributed by atoms with Crippen molar-refractivity contribution in [3.63, 3.8) is 0 Å². The molecule has 66 valence electrons. The molecule has 0 saturated carbocycles. The smallest absolute Gasteiger partial charge is 0.0318 e. The van der Waals surface area contributed by atoms with Gasteiger partial charge >= 0.3 is 0 Å². The van der Waals surface area contributed by atoms with E-state index in [9.17, 15) is 0 Å². The van der Waals surface area contributed by atoms with Crippen LogP contribution in [0.15, 0.2) is 11.6 Å². The quantitative estimate of drug-likeness (QED) is 0.535. The van der Waals surface area contributed by atoms with E-state index in [-0.39, 0.29) is 0 Å². The highest BCUT2D eigenvalue weighted by Crippen LogP contribution is 2.23. The molecule has 0 amide bonds. The summed E-state index contributed by atoms with van der Waals surface area (Å²) in [6.07, 6.45) is 6.06. The van der Waals surface area contributed by atoms with E-state index in [1.807, 2.05) is 0 Å². The topological polar surface area (TPSA) is 0 Å². The molecule has 0 rings (SSSR count). The minimum Gasteiger partial charge on any atom is -0.0859 e. The normalized spacial score (nSPS) is 13.7. The Morgan fingerprint density at radius 1 is 1.27 bits per heavy atom. The van der Waals surface area contributed by atoms with Crippen LogP contribution in [0.1, 0.15) is 53.9 Å². The van der Waals surface area contributed by atoms with E-state index in [1.54, 1.807) is 5.57 Å². The Hall–Kier alpha value is -0.260. The highest BCUT2D eigenvalue weighted by molar-refractivity contribution is 4.97. The molecular formula is C11H22. The van der Waals surface area contributed by atoms with Crippen molar-refractivity contribution >= 4 is 0 Å². The number of allylic oxidation sites excluding steroid dienone is 2. The van der Waals surface area contributed by atoms with E-state index < -0.39 is 0 Å². The first kappa shape index (κ1) is 10.7. The molecule has 0 fully saturated rings. The monoisotopic (exact) mass is 154 g/mol. The second-order valence-electron chi connectivity index (χ2n) is 4.52. The molecule has 0 N–H and O–H groups in total. The predicted molar refractivity (Wildman–Crippen MR) is 52.7 cm³/mol. The third-order valence-electron chi connectivity index (χ3n) is 1.82. The van der Waals surface area contributed by atoms with Crippen LogP contribution in [0.2, 0.25) is 0 Å². The summed E-state index contributed by atoms with van der Waals surface area (Å²) in [4.78, 5) is 0. The summed E-state index contributed by atoms with van der Waals surface area (Å²) in [5, 5.41) is 0. The molecule has 0 aliphatic carbocycles. The van der Waals surface area contributed by atoms with Crippen molar-refractivity contribution in [1.82, 2.24) is 0 Å². The van der Waals surface area contributed by atoms with Crippen LogP contribution < -0.4 is 0 Å². The summed E-state index contributed by atoms with van der Waals surface area (Å²) < 4.78 is 0. The fourth-order valence-electron chi connectivity index (χ4n) is 1.02. The molecule has 0 heteroatoms. The molecule has 0 unspecified atom stereocenters. The van der Waals surface area contributed by atoms with Crippen molar-refractivity contribution in [3.05, 3.63) is 11.6 Å². The highest BCUT2D eigenvalue weighted by Gasteiger charge is 2.08. The van der Waals surface area contributed by atoms with Gasteiger partial charge in [-0.05, 0) is 31.6 Å². The van der Waals surface area contributed by atoms with Crippen molar-refractivity contribution in [3.8, 4) is 0 Å². The van der Waals surface area contributed by atoms with E-state index >= 15 is 0 Å². The van der Waals surface area contributed by atoms with Gasteiger partial charge in [-0.3, -0.25) is 0 Å². The summed E-state index contributed by atoms with van der Waals surface area (Å²) in [6.45, 7) is 11.3. The van der Waals surface area contributed by atoms with Gasteiger partial charge in [-0.15, -0.1) is 0 Å². The van der Waals surface area contributed by atoms with Crippen LogP contribution in [-0.2, 0) is 0 Å². The Morgan fingerprint density at radius 2 is 1.82 bits per heavy atom. The lowest BCUT2D eigenvalue weighted by molar-refractivity contribution is 0.377. The number of hydrogen-bond donors (Lipinski definition) is 0. The summed E-state index contributed by atoms with van der Waals surface area (Å²) in [7, 11) is 0. The fraction of sp³-hybridized carbons (Fsp3) is 0.818. The van der Waals surface area contributed by atoms with Crippen molar-refractivity contribution in [1.29, 1.82) is 0 Å². The molecule has 11 heavy (non-hydrogen) atoms. The van der Waals surface area contributed by atoms with E-state index in [4.69, 9.17) is 0 Å². The van der Waals surface area contributed by atoms with Gasteiger partial charge in [-0.2, -0.15) is 0 Å². The van der Waals surface area contributed by atoms with Crippen LogP contribution in [0.3, 0.4) is 0 Å². The molecular weight excluding hydrogens is 132 g/mol. The van der Waals surface area contributed by atoms with Crippen molar-refractivity contribution in [2.45, 2.75) is 53.9 Å². The largest absolute Gasteiger partial charge is 0.0859 e. The first-order valence-electron chi connectivity index (χ1n) is 4.61. The molecule has 0 aromatic heterocycles. The third-order valence-corrected chi connectivity index (χ3v) is 1.82. The zero-order valence-corrected chi connectivity index (χ0v) is 8.70. The van der Waals surface area contributed by atoms with Gasteiger partial charge in [0.05, 0.1) is 0 Å². The predicted octanol–water partition coefficient (Wildman–Crippen LogP) is 4.17. The summed E-state index contributed by atoms with van der Waals surface area (Å²) in [5.74, 6) is 0. The van der Waals surface area contributed by atoms with Gasteiger partial charge in [0.15, 0.2) is 0 Å². The molecule has 0 aromatic rings. The lowest BCUT2D eigenvalue weighted by atomic mass is 9.89. The second kappa shape index (κ2) is 4.58. The Morgan fingerprint density at radius 3 is 2.18 bits per heavy atom. The number of rotatable bonds is 3. The standard InChI is InChI=1S/C11H22/c1-6-7-10(2)8-9-11(3,4)5/h7H,6,8-9H2,1-5H3/b10-7-. The molecule has 0 aliphatic heterocycles.